The van der Waals surface area contributed by atoms with Gasteiger partial charge in [0.05, 0.1) is 16.4 Å². The summed E-state index contributed by atoms with van der Waals surface area (Å²) < 4.78 is 17.0. The number of aromatic nitrogens is 1. The van der Waals surface area contributed by atoms with Crippen molar-refractivity contribution in [1.29, 1.82) is 0 Å². The zero-order valence-corrected chi connectivity index (χ0v) is 34.9. The van der Waals surface area contributed by atoms with Crippen molar-refractivity contribution >= 4 is 38.9 Å². The normalized spacial score (nSPS) is 12.6. The van der Waals surface area contributed by atoms with E-state index in [2.05, 4.69) is 234 Å². The highest BCUT2D eigenvalue weighted by molar-refractivity contribution is 6.10. The molecule has 1 heterocycles. The smallest absolute Gasteiger partial charge is 0.123 e. The molecule has 0 saturated heterocycles. The van der Waals surface area contributed by atoms with Crippen LogP contribution in [-0.4, -0.2) is 4.57 Å². The lowest BCUT2D eigenvalue weighted by Crippen LogP contribution is -2.28. The number of rotatable bonds is 8. The maximum absolute atomic E-state index is 14.6. The Balaban J connectivity index is 0.988. The predicted octanol–water partition coefficient (Wildman–Crippen LogP) is 16.1. The number of hydrogen-bond acceptors (Lipinski definition) is 1. The van der Waals surface area contributed by atoms with Gasteiger partial charge >= 0.3 is 0 Å². The predicted molar refractivity (Wildman–Crippen MR) is 264 cm³/mol. The Morgan fingerprint density at radius 2 is 0.891 bits per heavy atom. The van der Waals surface area contributed by atoms with E-state index in [1.165, 1.54) is 55.2 Å². The van der Waals surface area contributed by atoms with Gasteiger partial charge in [0.2, 0.25) is 0 Å². The second-order valence-electron chi connectivity index (χ2n) is 16.6. The molecule has 12 rings (SSSR count). The number of anilines is 3. The Morgan fingerprint density at radius 1 is 0.344 bits per heavy atom. The Labute approximate surface area is 372 Å². The molecule has 0 N–H and O–H groups in total. The van der Waals surface area contributed by atoms with Crippen LogP contribution in [0.4, 0.5) is 21.5 Å². The fraction of sp³-hybridized carbons (Fsp3) is 0.0164. The third kappa shape index (κ3) is 6.00. The molecule has 0 spiro atoms. The first-order valence-corrected chi connectivity index (χ1v) is 21.9. The molecule has 0 fully saturated rings. The lowest BCUT2D eigenvalue weighted by atomic mass is 9.67. The molecule has 1 aliphatic rings. The van der Waals surface area contributed by atoms with Gasteiger partial charge in [0.25, 0.3) is 0 Å². The number of halogens is 1. The molecule has 3 heteroatoms. The van der Waals surface area contributed by atoms with Gasteiger partial charge in [-0.15, -0.1) is 0 Å². The van der Waals surface area contributed by atoms with Crippen molar-refractivity contribution in [2.75, 3.05) is 4.90 Å². The minimum absolute atomic E-state index is 0.270. The number of para-hydroxylation sites is 2. The van der Waals surface area contributed by atoms with Crippen molar-refractivity contribution in [1.82, 2.24) is 4.57 Å². The lowest BCUT2D eigenvalue weighted by Gasteiger charge is -2.35. The molecule has 302 valence electrons. The third-order valence-electron chi connectivity index (χ3n) is 13.1. The fourth-order valence-electron chi connectivity index (χ4n) is 10.3. The van der Waals surface area contributed by atoms with Crippen molar-refractivity contribution in [3.63, 3.8) is 0 Å². The molecule has 0 unspecified atom stereocenters. The van der Waals surface area contributed by atoms with Crippen LogP contribution < -0.4 is 4.90 Å². The van der Waals surface area contributed by atoms with Gasteiger partial charge in [-0.05, 0) is 141 Å². The van der Waals surface area contributed by atoms with E-state index in [-0.39, 0.29) is 5.82 Å². The number of fused-ring (bicyclic) bond motifs is 6. The first kappa shape index (κ1) is 37.5. The summed E-state index contributed by atoms with van der Waals surface area (Å²) in [6.07, 6.45) is 0. The van der Waals surface area contributed by atoms with Crippen molar-refractivity contribution in [2.24, 2.45) is 0 Å². The molecule has 64 heavy (non-hydrogen) atoms. The molecule has 1 aromatic heterocycles. The van der Waals surface area contributed by atoms with Gasteiger partial charge < -0.3 is 9.47 Å². The molecule has 0 atom stereocenters. The van der Waals surface area contributed by atoms with Crippen LogP contribution in [0, 0.1) is 5.82 Å². The minimum Gasteiger partial charge on any atom is -0.310 e. The van der Waals surface area contributed by atoms with Crippen molar-refractivity contribution in [3.05, 3.63) is 277 Å². The average Bonchev–Trinajstić information content (AvgIpc) is 3.86. The van der Waals surface area contributed by atoms with Crippen LogP contribution in [-0.2, 0) is 5.41 Å². The van der Waals surface area contributed by atoms with Crippen LogP contribution in [0.1, 0.15) is 22.3 Å². The second kappa shape index (κ2) is 15.3. The summed E-state index contributed by atoms with van der Waals surface area (Å²) in [7, 11) is 0. The molecule has 10 aromatic carbocycles. The van der Waals surface area contributed by atoms with E-state index in [1.54, 1.807) is 12.1 Å². The summed E-state index contributed by atoms with van der Waals surface area (Å²) in [5, 5.41) is 2.45. The Morgan fingerprint density at radius 3 is 1.62 bits per heavy atom. The highest BCUT2D eigenvalue weighted by atomic mass is 19.1. The van der Waals surface area contributed by atoms with E-state index in [0.29, 0.717) is 0 Å². The standard InChI is InChI=1S/C61H41FN2/c62-48-31-33-50(34-32-48)63(52-35-36-54-53-26-10-12-28-57(53)61(58(54)41-52,46-19-4-1-5-20-46)47-21-6-2-7-22-47)51-25-15-18-44(39-51)42-16-14-17-43(38-42)45-30-37-60-56(40-45)55-27-11-13-29-59(55)64(60)49-23-8-3-9-24-49/h1-41H. The summed E-state index contributed by atoms with van der Waals surface area (Å²) in [6, 6.07) is 87.8. The summed E-state index contributed by atoms with van der Waals surface area (Å²) in [5.74, 6) is -0.270. The minimum atomic E-state index is -0.555. The van der Waals surface area contributed by atoms with Gasteiger partial charge in [0.1, 0.15) is 5.82 Å². The van der Waals surface area contributed by atoms with E-state index < -0.39 is 5.41 Å². The van der Waals surface area contributed by atoms with Gasteiger partial charge in [0.15, 0.2) is 0 Å². The molecule has 2 nitrogen and oxygen atoms in total. The van der Waals surface area contributed by atoms with Crippen molar-refractivity contribution < 1.29 is 4.39 Å². The highest BCUT2D eigenvalue weighted by Crippen LogP contribution is 2.57. The molecule has 0 bridgehead atoms. The SMILES string of the molecule is Fc1ccc(N(c2cccc(-c3cccc(-c4ccc5c(c4)c4ccccc4n5-c4ccccc4)c3)c2)c2ccc3c(c2)C(c2ccccc2)(c2ccccc2)c2ccccc2-3)cc1. The van der Waals surface area contributed by atoms with E-state index >= 15 is 0 Å². The van der Waals surface area contributed by atoms with E-state index in [1.807, 2.05) is 12.1 Å². The van der Waals surface area contributed by atoms with Crippen LogP contribution in [0.2, 0.25) is 0 Å². The first-order chi connectivity index (χ1) is 31.6. The quantitative estimate of drug-likeness (QED) is 0.148. The summed E-state index contributed by atoms with van der Waals surface area (Å²) >= 11 is 0. The third-order valence-corrected chi connectivity index (χ3v) is 13.1. The molecule has 0 amide bonds. The van der Waals surface area contributed by atoms with Crippen LogP contribution in [0.3, 0.4) is 0 Å². The van der Waals surface area contributed by atoms with Crippen molar-refractivity contribution in [2.45, 2.75) is 5.41 Å². The van der Waals surface area contributed by atoms with E-state index in [9.17, 15) is 4.39 Å². The van der Waals surface area contributed by atoms with Crippen molar-refractivity contribution in [3.8, 4) is 39.1 Å². The van der Waals surface area contributed by atoms with Gasteiger partial charge in [-0.25, -0.2) is 4.39 Å². The zero-order chi connectivity index (χ0) is 42.6. The zero-order valence-electron chi connectivity index (χ0n) is 34.9. The van der Waals surface area contributed by atoms with E-state index in [4.69, 9.17) is 0 Å². The van der Waals surface area contributed by atoms with Crippen LogP contribution in [0.15, 0.2) is 249 Å². The van der Waals surface area contributed by atoms with E-state index in [0.717, 1.165) is 45.0 Å². The molecule has 0 aliphatic heterocycles. The van der Waals surface area contributed by atoms with Gasteiger partial charge in [-0.2, -0.15) is 0 Å². The molecule has 11 aromatic rings. The Hall–Kier alpha value is -8.27. The molecular formula is C61H41FN2. The van der Waals surface area contributed by atoms with Crippen LogP contribution >= 0.6 is 0 Å². The Kier molecular flexibility index (Phi) is 8.94. The number of nitrogens with zero attached hydrogens (tertiary/aromatic N) is 2. The van der Waals surface area contributed by atoms with Gasteiger partial charge in [-0.3, -0.25) is 0 Å². The summed E-state index contributed by atoms with van der Waals surface area (Å²) in [6.45, 7) is 0. The highest BCUT2D eigenvalue weighted by Gasteiger charge is 2.46. The molecule has 0 saturated carbocycles. The van der Waals surface area contributed by atoms with Crippen LogP contribution in [0.25, 0.3) is 60.9 Å². The maximum atomic E-state index is 14.6. The molecule has 0 radical (unpaired) electrons. The largest absolute Gasteiger partial charge is 0.310 e. The Bertz CT molecular complexity index is 3460. The maximum Gasteiger partial charge on any atom is 0.123 e. The molecule has 1 aliphatic carbocycles. The van der Waals surface area contributed by atoms with Gasteiger partial charge in [0, 0.05) is 33.5 Å². The number of hydrogen-bond donors (Lipinski definition) is 0. The molecular weight excluding hydrogens is 780 g/mol. The topological polar surface area (TPSA) is 8.17 Å². The average molecular weight is 821 g/mol. The van der Waals surface area contributed by atoms with Gasteiger partial charge in [-0.1, -0.05) is 164 Å². The van der Waals surface area contributed by atoms with Crippen LogP contribution in [0.5, 0.6) is 0 Å². The first-order valence-electron chi connectivity index (χ1n) is 21.9. The fourth-order valence-corrected chi connectivity index (χ4v) is 10.3. The monoisotopic (exact) mass is 820 g/mol. The summed E-state index contributed by atoms with van der Waals surface area (Å²) in [4.78, 5) is 2.26. The number of benzene rings is 10. The lowest BCUT2D eigenvalue weighted by molar-refractivity contribution is 0.628. The second-order valence-corrected chi connectivity index (χ2v) is 16.6. The summed E-state index contributed by atoms with van der Waals surface area (Å²) in [5.41, 5.74) is 17.6.